The lowest BCUT2D eigenvalue weighted by molar-refractivity contribution is 0.764. The van der Waals surface area contributed by atoms with Crippen molar-refractivity contribution < 1.29 is 4.32 Å². The zero-order valence-corrected chi connectivity index (χ0v) is 25.3. The molecule has 0 saturated heterocycles. The highest BCUT2D eigenvalue weighted by Gasteiger charge is 2.32. The second-order valence-corrected chi connectivity index (χ2v) is 11.6. The standard InChI is InChI=1S/C40H34BFN2/c1-27-18-22-29(23-19-27)35-26-36(30-12-6-4-7-13-30)43-38(35)37(31-14-8-5-9-15-31)40-34-17-11-10-16-33(34)39(44(40)41(3)42)32-24-20-28(2)21-25-32/h4-26,36,43H,1-3H3/b38-37-. The van der Waals surface area contributed by atoms with Gasteiger partial charge in [0.05, 0.1) is 11.7 Å². The Balaban J connectivity index is 1.59. The zero-order valence-electron chi connectivity index (χ0n) is 25.3. The Morgan fingerprint density at radius 1 is 0.659 bits per heavy atom. The van der Waals surface area contributed by atoms with Crippen LogP contribution in [0.15, 0.2) is 145 Å². The van der Waals surface area contributed by atoms with E-state index in [2.05, 4.69) is 141 Å². The second kappa shape index (κ2) is 11.5. The molecule has 0 aliphatic carbocycles. The molecule has 0 bridgehead atoms. The van der Waals surface area contributed by atoms with Gasteiger partial charge in [-0.25, -0.2) is 0 Å². The van der Waals surface area contributed by atoms with Crippen molar-refractivity contribution in [1.29, 1.82) is 0 Å². The number of allylic oxidation sites excluding steroid dienone is 1. The average molecular weight is 573 g/mol. The molecule has 1 atom stereocenters. The Bertz CT molecular complexity index is 2000. The van der Waals surface area contributed by atoms with Gasteiger partial charge >= 0.3 is 7.12 Å². The van der Waals surface area contributed by atoms with Crippen molar-refractivity contribution in [3.63, 3.8) is 0 Å². The van der Waals surface area contributed by atoms with Gasteiger partial charge < -0.3 is 14.1 Å². The molecule has 0 radical (unpaired) electrons. The minimum absolute atomic E-state index is 0.0322. The maximum atomic E-state index is 16.2. The lowest BCUT2D eigenvalue weighted by Crippen LogP contribution is -2.21. The highest BCUT2D eigenvalue weighted by Crippen LogP contribution is 2.45. The number of fused-ring (bicyclic) bond motifs is 1. The molecule has 5 aromatic carbocycles. The average Bonchev–Trinajstić information content (AvgIpc) is 3.64. The Hall–Kier alpha value is -5.09. The van der Waals surface area contributed by atoms with Gasteiger partial charge in [0.1, 0.15) is 0 Å². The Morgan fingerprint density at radius 3 is 1.82 bits per heavy atom. The molecule has 44 heavy (non-hydrogen) atoms. The molecule has 7 rings (SSSR count). The smallest absolute Gasteiger partial charge is 0.374 e. The number of hydrogen-bond acceptors (Lipinski definition) is 1. The molecule has 4 heteroatoms. The molecule has 6 aromatic rings. The van der Waals surface area contributed by atoms with Crippen LogP contribution in [-0.4, -0.2) is 11.6 Å². The molecule has 0 saturated carbocycles. The number of aromatic nitrogens is 1. The predicted molar refractivity (Wildman–Crippen MR) is 184 cm³/mol. The normalized spacial score (nSPS) is 15.6. The summed E-state index contributed by atoms with van der Waals surface area (Å²) in [5, 5.41) is 5.96. The van der Waals surface area contributed by atoms with Crippen LogP contribution < -0.4 is 5.32 Å². The number of halogens is 1. The van der Waals surface area contributed by atoms with E-state index in [1.165, 1.54) is 16.7 Å². The van der Waals surface area contributed by atoms with Gasteiger partial charge in [0, 0.05) is 33.3 Å². The fourth-order valence-electron chi connectivity index (χ4n) is 6.43. The Kier molecular flexibility index (Phi) is 7.27. The molecule has 1 N–H and O–H groups in total. The molecule has 214 valence electrons. The van der Waals surface area contributed by atoms with Crippen LogP contribution in [0.2, 0.25) is 6.82 Å². The number of benzene rings is 5. The highest BCUT2D eigenvalue weighted by molar-refractivity contribution is 6.50. The fourth-order valence-corrected chi connectivity index (χ4v) is 6.43. The summed E-state index contributed by atoms with van der Waals surface area (Å²) in [5.74, 6) is 0. The third-order valence-electron chi connectivity index (χ3n) is 8.57. The number of rotatable bonds is 6. The van der Waals surface area contributed by atoms with E-state index in [1.54, 1.807) is 6.82 Å². The minimum atomic E-state index is -1.27. The van der Waals surface area contributed by atoms with Crippen LogP contribution in [-0.2, 0) is 0 Å². The summed E-state index contributed by atoms with van der Waals surface area (Å²) in [4.78, 5) is 0. The van der Waals surface area contributed by atoms with Crippen molar-refractivity contribution in [2.45, 2.75) is 26.7 Å². The summed E-state index contributed by atoms with van der Waals surface area (Å²) in [7, 11) is -1.27. The van der Waals surface area contributed by atoms with Crippen molar-refractivity contribution >= 4 is 29.0 Å². The maximum Gasteiger partial charge on any atom is 0.462 e. The van der Waals surface area contributed by atoms with Crippen LogP contribution in [0.1, 0.15) is 39.6 Å². The molecule has 2 heterocycles. The third kappa shape index (κ3) is 4.97. The molecule has 0 fully saturated rings. The first-order chi connectivity index (χ1) is 21.5. The predicted octanol–water partition coefficient (Wildman–Crippen LogP) is 10.0. The van der Waals surface area contributed by atoms with E-state index in [-0.39, 0.29) is 6.04 Å². The summed E-state index contributed by atoms with van der Waals surface area (Å²) >= 11 is 0. The number of hydrogen-bond donors (Lipinski definition) is 1. The summed E-state index contributed by atoms with van der Waals surface area (Å²) in [6.45, 7) is 5.83. The number of nitrogens with one attached hydrogen (secondary N) is 1. The maximum absolute atomic E-state index is 16.2. The minimum Gasteiger partial charge on any atom is -0.374 e. The van der Waals surface area contributed by atoms with E-state index in [0.29, 0.717) is 0 Å². The summed E-state index contributed by atoms with van der Waals surface area (Å²) in [5.41, 5.74) is 11.6. The second-order valence-electron chi connectivity index (χ2n) is 11.6. The van der Waals surface area contributed by atoms with E-state index in [0.717, 1.165) is 55.7 Å². The first-order valence-electron chi connectivity index (χ1n) is 15.2. The van der Waals surface area contributed by atoms with Crippen molar-refractivity contribution in [3.8, 4) is 11.3 Å². The van der Waals surface area contributed by atoms with Gasteiger partial charge in [-0.15, -0.1) is 0 Å². The monoisotopic (exact) mass is 572 g/mol. The largest absolute Gasteiger partial charge is 0.462 e. The fraction of sp³-hybridized carbons (Fsp3) is 0.100. The van der Waals surface area contributed by atoms with Crippen molar-refractivity contribution in [2.75, 3.05) is 0 Å². The van der Waals surface area contributed by atoms with E-state index in [4.69, 9.17) is 0 Å². The Labute approximate surface area is 259 Å². The van der Waals surface area contributed by atoms with Crippen molar-refractivity contribution in [3.05, 3.63) is 179 Å². The van der Waals surface area contributed by atoms with E-state index in [1.807, 2.05) is 22.7 Å². The number of nitrogens with zero attached hydrogens (tertiary/aromatic N) is 1. The van der Waals surface area contributed by atoms with Gasteiger partial charge in [0.25, 0.3) is 0 Å². The lowest BCUT2D eigenvalue weighted by Gasteiger charge is -2.21. The van der Waals surface area contributed by atoms with Gasteiger partial charge in [-0.1, -0.05) is 145 Å². The third-order valence-corrected chi connectivity index (χ3v) is 8.57. The summed E-state index contributed by atoms with van der Waals surface area (Å²) in [6, 6.07) is 46.3. The van der Waals surface area contributed by atoms with Crippen LogP contribution in [0.5, 0.6) is 0 Å². The van der Waals surface area contributed by atoms with Crippen LogP contribution in [0, 0.1) is 13.8 Å². The first-order valence-corrected chi connectivity index (χ1v) is 15.2. The van der Waals surface area contributed by atoms with Gasteiger partial charge in [0.2, 0.25) is 0 Å². The van der Waals surface area contributed by atoms with Crippen LogP contribution in [0.3, 0.4) is 0 Å². The molecule has 0 spiro atoms. The highest BCUT2D eigenvalue weighted by atomic mass is 19.1. The van der Waals surface area contributed by atoms with E-state index >= 15 is 4.32 Å². The first kappa shape index (κ1) is 27.7. The van der Waals surface area contributed by atoms with Gasteiger partial charge in [-0.3, -0.25) is 0 Å². The van der Waals surface area contributed by atoms with E-state index < -0.39 is 7.12 Å². The van der Waals surface area contributed by atoms with Crippen molar-refractivity contribution in [2.24, 2.45) is 0 Å². The molecule has 0 amide bonds. The summed E-state index contributed by atoms with van der Waals surface area (Å²) < 4.78 is 18.1. The quantitative estimate of drug-likeness (QED) is 0.197. The molecule has 1 aliphatic rings. The summed E-state index contributed by atoms with van der Waals surface area (Å²) in [6.07, 6.45) is 2.31. The van der Waals surface area contributed by atoms with Gasteiger partial charge in [0.15, 0.2) is 0 Å². The molecular formula is C40H34BFN2. The SMILES string of the molecule is CB(F)n1c(/C(=C2\NC(c3ccccc3)C=C2c2ccc(C)cc2)c2ccccc2)c2ccccc2c1-c1ccc(C)cc1. The van der Waals surface area contributed by atoms with Crippen molar-refractivity contribution in [1.82, 2.24) is 9.79 Å². The topological polar surface area (TPSA) is 17.0 Å². The van der Waals surface area contributed by atoms with Gasteiger partial charge in [-0.05, 0) is 49.0 Å². The molecular weight excluding hydrogens is 538 g/mol. The zero-order chi connectivity index (χ0) is 30.2. The molecule has 2 nitrogen and oxygen atoms in total. The molecule has 1 unspecified atom stereocenters. The number of aryl methyl sites for hydroxylation is 2. The molecule has 1 aromatic heterocycles. The van der Waals surface area contributed by atoms with Gasteiger partial charge in [-0.2, -0.15) is 0 Å². The van der Waals surface area contributed by atoms with Crippen LogP contribution >= 0.6 is 0 Å². The molecule has 1 aliphatic heterocycles. The Morgan fingerprint density at radius 2 is 1.20 bits per heavy atom. The lowest BCUT2D eigenvalue weighted by atomic mass is 9.87. The van der Waals surface area contributed by atoms with Crippen LogP contribution in [0.25, 0.3) is 33.2 Å². The van der Waals surface area contributed by atoms with E-state index in [9.17, 15) is 0 Å². The van der Waals surface area contributed by atoms with Crippen LogP contribution in [0.4, 0.5) is 4.32 Å².